The number of benzene rings is 1. The van der Waals surface area contributed by atoms with E-state index in [1.54, 1.807) is 24.3 Å². The zero-order chi connectivity index (χ0) is 15.8. The summed E-state index contributed by atoms with van der Waals surface area (Å²) in [6.45, 7) is 3.07. The van der Waals surface area contributed by atoms with Crippen molar-refractivity contribution in [2.45, 2.75) is 38.8 Å². The number of hydrogen-bond donors (Lipinski definition) is 2. The monoisotopic (exact) mass is 306 g/mol. The molecule has 1 aliphatic heterocycles. The molecular weight excluding hydrogens is 284 g/mol. The van der Waals surface area contributed by atoms with Crippen LogP contribution in [0.2, 0.25) is 0 Å². The summed E-state index contributed by atoms with van der Waals surface area (Å²) in [6, 6.07) is 6.41. The number of rotatable bonds is 6. The van der Waals surface area contributed by atoms with Gasteiger partial charge in [0.15, 0.2) is 0 Å². The Morgan fingerprint density at radius 2 is 2.18 bits per heavy atom. The Morgan fingerprint density at radius 1 is 1.36 bits per heavy atom. The molecule has 0 aliphatic carbocycles. The summed E-state index contributed by atoms with van der Waals surface area (Å²) in [5, 5.41) is 5.40. The lowest BCUT2D eigenvalue weighted by atomic mass is 10.2. The van der Waals surface area contributed by atoms with Gasteiger partial charge >= 0.3 is 12.0 Å². The van der Waals surface area contributed by atoms with Crippen molar-refractivity contribution in [3.05, 3.63) is 29.8 Å². The van der Waals surface area contributed by atoms with Gasteiger partial charge in [0.2, 0.25) is 0 Å². The van der Waals surface area contributed by atoms with Gasteiger partial charge in [-0.1, -0.05) is 25.5 Å². The smallest absolute Gasteiger partial charge is 0.340 e. The van der Waals surface area contributed by atoms with E-state index >= 15 is 0 Å². The lowest BCUT2D eigenvalue weighted by Gasteiger charge is -2.14. The third-order valence-corrected chi connectivity index (χ3v) is 3.35. The number of para-hydroxylation sites is 1. The topological polar surface area (TPSA) is 76.7 Å². The highest BCUT2D eigenvalue weighted by molar-refractivity contribution is 6.00. The van der Waals surface area contributed by atoms with Gasteiger partial charge in [-0.05, 0) is 31.4 Å². The number of ether oxygens (including phenoxy) is 2. The molecule has 1 aromatic carbocycles. The van der Waals surface area contributed by atoms with E-state index < -0.39 is 5.97 Å². The molecule has 0 radical (unpaired) electrons. The normalized spacial score (nSPS) is 17.0. The Labute approximate surface area is 130 Å². The molecule has 1 aliphatic rings. The molecule has 0 aromatic heterocycles. The number of urea groups is 1. The first-order valence-corrected chi connectivity index (χ1v) is 7.66. The second kappa shape index (κ2) is 8.38. The van der Waals surface area contributed by atoms with Gasteiger partial charge in [0, 0.05) is 6.61 Å². The summed E-state index contributed by atoms with van der Waals surface area (Å²) in [7, 11) is 0. The van der Waals surface area contributed by atoms with Crippen molar-refractivity contribution in [1.29, 1.82) is 0 Å². The highest BCUT2D eigenvalue weighted by Gasteiger charge is 2.19. The number of carbonyl (C=O) groups is 2. The Balaban J connectivity index is 1.94. The lowest BCUT2D eigenvalue weighted by Crippen LogP contribution is -2.37. The number of hydrogen-bond acceptors (Lipinski definition) is 4. The van der Waals surface area contributed by atoms with Crippen LogP contribution in [0.5, 0.6) is 0 Å². The molecule has 1 saturated heterocycles. The molecule has 0 saturated carbocycles. The summed E-state index contributed by atoms with van der Waals surface area (Å²) < 4.78 is 10.5. The number of carbonyl (C=O) groups excluding carboxylic acids is 2. The van der Waals surface area contributed by atoms with Crippen molar-refractivity contribution in [1.82, 2.24) is 5.32 Å². The minimum Gasteiger partial charge on any atom is -0.462 e. The van der Waals surface area contributed by atoms with Crippen LogP contribution in [-0.4, -0.2) is 31.4 Å². The van der Waals surface area contributed by atoms with Crippen LogP contribution in [0.1, 0.15) is 43.0 Å². The van der Waals surface area contributed by atoms with Crippen LogP contribution in [-0.2, 0) is 9.47 Å². The van der Waals surface area contributed by atoms with Crippen LogP contribution in [0, 0.1) is 0 Å². The predicted octanol–water partition coefficient (Wildman–Crippen LogP) is 2.90. The fourth-order valence-corrected chi connectivity index (χ4v) is 2.15. The molecule has 0 spiro atoms. The van der Waals surface area contributed by atoms with Crippen LogP contribution in [0.3, 0.4) is 0 Å². The summed E-state index contributed by atoms with van der Waals surface area (Å²) >= 11 is 0. The van der Waals surface area contributed by atoms with Crippen molar-refractivity contribution in [2.75, 3.05) is 18.5 Å². The SMILES string of the molecule is CCCCOC(=O)c1ccccc1NC(=O)NC1CCCO1. The third kappa shape index (κ3) is 4.73. The molecule has 22 heavy (non-hydrogen) atoms. The van der Waals surface area contributed by atoms with Crippen LogP contribution in [0.15, 0.2) is 24.3 Å². The Bertz CT molecular complexity index is 513. The number of unbranched alkanes of at least 4 members (excludes halogenated alkanes) is 1. The molecule has 2 amide bonds. The summed E-state index contributed by atoms with van der Waals surface area (Å²) in [4.78, 5) is 24.0. The second-order valence-electron chi connectivity index (χ2n) is 5.14. The summed E-state index contributed by atoms with van der Waals surface area (Å²) in [6.07, 6.45) is 3.25. The maximum Gasteiger partial charge on any atom is 0.340 e. The molecule has 1 heterocycles. The number of amides is 2. The lowest BCUT2D eigenvalue weighted by molar-refractivity contribution is 0.0501. The molecule has 1 unspecified atom stereocenters. The zero-order valence-corrected chi connectivity index (χ0v) is 12.8. The average molecular weight is 306 g/mol. The maximum atomic E-state index is 12.0. The number of esters is 1. The largest absolute Gasteiger partial charge is 0.462 e. The van der Waals surface area contributed by atoms with E-state index in [4.69, 9.17) is 9.47 Å². The third-order valence-electron chi connectivity index (χ3n) is 3.35. The quantitative estimate of drug-likeness (QED) is 0.626. The van der Waals surface area contributed by atoms with Gasteiger partial charge in [0.05, 0.1) is 17.9 Å². The first-order valence-electron chi connectivity index (χ1n) is 7.66. The second-order valence-corrected chi connectivity index (χ2v) is 5.14. The van der Waals surface area contributed by atoms with Crippen molar-refractivity contribution in [3.8, 4) is 0 Å². The first-order chi connectivity index (χ1) is 10.7. The van der Waals surface area contributed by atoms with Crippen molar-refractivity contribution in [2.24, 2.45) is 0 Å². The van der Waals surface area contributed by atoms with Gasteiger partial charge in [-0.2, -0.15) is 0 Å². The standard InChI is InChI=1S/C16H22N2O4/c1-2-3-10-22-15(19)12-7-4-5-8-13(12)17-16(20)18-14-9-6-11-21-14/h4-5,7-8,14H,2-3,6,9-11H2,1H3,(H2,17,18,20). The average Bonchev–Trinajstić information content (AvgIpc) is 3.00. The highest BCUT2D eigenvalue weighted by atomic mass is 16.5. The van der Waals surface area contributed by atoms with E-state index in [-0.39, 0.29) is 12.3 Å². The molecule has 120 valence electrons. The molecule has 0 bridgehead atoms. The van der Waals surface area contributed by atoms with E-state index in [1.807, 2.05) is 6.92 Å². The summed E-state index contributed by atoms with van der Waals surface area (Å²) in [5.74, 6) is -0.429. The molecule has 1 atom stereocenters. The van der Waals surface area contributed by atoms with Crippen LogP contribution in [0.25, 0.3) is 0 Å². The maximum absolute atomic E-state index is 12.0. The number of nitrogens with one attached hydrogen (secondary N) is 2. The molecule has 6 nitrogen and oxygen atoms in total. The van der Waals surface area contributed by atoms with Crippen LogP contribution >= 0.6 is 0 Å². The van der Waals surface area contributed by atoms with E-state index in [2.05, 4.69) is 10.6 Å². The predicted molar refractivity (Wildman–Crippen MR) is 82.8 cm³/mol. The summed E-state index contributed by atoms with van der Waals surface area (Å²) in [5.41, 5.74) is 0.778. The van der Waals surface area contributed by atoms with Gasteiger partial charge in [0.25, 0.3) is 0 Å². The van der Waals surface area contributed by atoms with Gasteiger partial charge in [-0.25, -0.2) is 9.59 Å². The van der Waals surface area contributed by atoms with E-state index in [0.29, 0.717) is 24.5 Å². The molecule has 2 N–H and O–H groups in total. The molecule has 1 aromatic rings. The van der Waals surface area contributed by atoms with Gasteiger partial charge in [-0.15, -0.1) is 0 Å². The first kappa shape index (κ1) is 16.3. The highest BCUT2D eigenvalue weighted by Crippen LogP contribution is 2.17. The van der Waals surface area contributed by atoms with E-state index in [1.165, 1.54) is 0 Å². The minimum absolute atomic E-state index is 0.260. The van der Waals surface area contributed by atoms with Crippen molar-refractivity contribution in [3.63, 3.8) is 0 Å². The fourth-order valence-electron chi connectivity index (χ4n) is 2.15. The molecule has 1 fully saturated rings. The Hall–Kier alpha value is -2.08. The number of anilines is 1. The molecule has 6 heteroatoms. The van der Waals surface area contributed by atoms with Gasteiger partial charge in [0.1, 0.15) is 6.23 Å². The Kier molecular flexibility index (Phi) is 6.21. The fraction of sp³-hybridized carbons (Fsp3) is 0.500. The van der Waals surface area contributed by atoms with Crippen molar-refractivity contribution >= 4 is 17.7 Å². The Morgan fingerprint density at radius 3 is 2.91 bits per heavy atom. The van der Waals surface area contributed by atoms with Crippen molar-refractivity contribution < 1.29 is 19.1 Å². The zero-order valence-electron chi connectivity index (χ0n) is 12.8. The van der Waals surface area contributed by atoms with Gasteiger partial charge in [-0.3, -0.25) is 0 Å². The van der Waals surface area contributed by atoms with Crippen LogP contribution in [0.4, 0.5) is 10.5 Å². The van der Waals surface area contributed by atoms with E-state index in [0.717, 1.165) is 25.7 Å². The van der Waals surface area contributed by atoms with Crippen LogP contribution < -0.4 is 10.6 Å². The van der Waals surface area contributed by atoms with Gasteiger partial charge < -0.3 is 20.1 Å². The minimum atomic E-state index is -0.429. The van der Waals surface area contributed by atoms with E-state index in [9.17, 15) is 9.59 Å². The molecular formula is C16H22N2O4. The molecule has 2 rings (SSSR count).